The van der Waals surface area contributed by atoms with Crippen molar-refractivity contribution >= 4 is 33.0 Å². The Morgan fingerprint density at radius 2 is 2.13 bits per heavy atom. The number of aryl methyl sites for hydroxylation is 1. The molecule has 3 aromatic rings. The predicted molar refractivity (Wildman–Crippen MR) is 115 cm³/mol. The molecule has 0 N–H and O–H groups in total. The van der Waals surface area contributed by atoms with Gasteiger partial charge in [0.25, 0.3) is 0 Å². The Balaban J connectivity index is 1.80. The topological polar surface area (TPSA) is 111 Å². The highest BCUT2D eigenvalue weighted by atomic mass is 32.2. The smallest absolute Gasteiger partial charge is 0.241 e. The van der Waals surface area contributed by atoms with Gasteiger partial charge in [0.05, 0.1) is 11.9 Å². The van der Waals surface area contributed by atoms with Gasteiger partial charge in [0.2, 0.25) is 21.8 Å². The van der Waals surface area contributed by atoms with Crippen LogP contribution in [-0.2, 0) is 14.9 Å². The molecular weight excluding hydrogens is 426 g/mol. The molecule has 9 nitrogen and oxygen atoms in total. The molecule has 0 saturated heterocycles. The highest BCUT2D eigenvalue weighted by Gasteiger charge is 2.35. The zero-order valence-corrected chi connectivity index (χ0v) is 18.6. The van der Waals surface area contributed by atoms with E-state index in [9.17, 15) is 8.42 Å². The molecule has 0 atom stereocenters. The summed E-state index contributed by atoms with van der Waals surface area (Å²) in [4.78, 5) is 19.4. The third-order valence-corrected chi connectivity index (χ3v) is 6.68. The van der Waals surface area contributed by atoms with E-state index in [0.29, 0.717) is 23.7 Å². The van der Waals surface area contributed by atoms with Gasteiger partial charge in [-0.15, -0.1) is 11.3 Å². The summed E-state index contributed by atoms with van der Waals surface area (Å²) >= 11 is 1.41. The number of hydrogen-bond donors (Lipinski definition) is 0. The standard InChI is InChI=1S/C19H21N5O4S2/c1-11(2)28-23-14-7-9-24(30(4,25)26)19-15(14)22-17(27-19)16-12(3)21-18(29-16)13-6-5-8-20-10-13/h5-6,8,10-11H,7,9H2,1-4H3. The molecule has 0 bridgehead atoms. The van der Waals surface area contributed by atoms with E-state index in [0.717, 1.165) is 27.4 Å². The number of sulfonamides is 1. The summed E-state index contributed by atoms with van der Waals surface area (Å²) in [6.07, 6.45) is 4.85. The molecule has 0 aromatic carbocycles. The van der Waals surface area contributed by atoms with Crippen molar-refractivity contribution in [1.29, 1.82) is 0 Å². The van der Waals surface area contributed by atoms with Gasteiger partial charge >= 0.3 is 0 Å². The minimum atomic E-state index is -3.53. The molecule has 3 aromatic heterocycles. The van der Waals surface area contributed by atoms with Crippen LogP contribution in [0.5, 0.6) is 0 Å². The molecule has 1 aliphatic rings. The molecule has 4 heterocycles. The van der Waals surface area contributed by atoms with Gasteiger partial charge in [0, 0.05) is 30.9 Å². The largest absolute Gasteiger partial charge is 0.418 e. The fourth-order valence-electron chi connectivity index (χ4n) is 2.98. The zero-order chi connectivity index (χ0) is 21.5. The van der Waals surface area contributed by atoms with Crippen LogP contribution in [0.2, 0.25) is 0 Å². The lowest BCUT2D eigenvalue weighted by Gasteiger charge is -2.24. The number of oxazole rings is 1. The molecule has 0 fully saturated rings. The Morgan fingerprint density at radius 3 is 2.80 bits per heavy atom. The first-order valence-corrected chi connectivity index (χ1v) is 12.0. The lowest BCUT2D eigenvalue weighted by molar-refractivity contribution is 0.0855. The van der Waals surface area contributed by atoms with E-state index < -0.39 is 10.0 Å². The SMILES string of the molecule is Cc1nc(-c2cccnc2)sc1-c1nc2c(o1)N(S(C)(=O)=O)CCC2=NOC(C)C. The number of anilines is 1. The molecule has 0 unspecified atom stereocenters. The van der Waals surface area contributed by atoms with E-state index in [-0.39, 0.29) is 18.5 Å². The number of thiazole rings is 1. The lowest BCUT2D eigenvalue weighted by Crippen LogP contribution is -2.36. The van der Waals surface area contributed by atoms with Crippen molar-refractivity contribution in [3.05, 3.63) is 35.9 Å². The molecule has 0 radical (unpaired) electrons. The second kappa shape index (κ2) is 7.80. The van der Waals surface area contributed by atoms with Crippen LogP contribution < -0.4 is 4.31 Å². The van der Waals surface area contributed by atoms with Crippen LogP contribution >= 0.6 is 11.3 Å². The van der Waals surface area contributed by atoms with Crippen molar-refractivity contribution in [3.63, 3.8) is 0 Å². The molecule has 0 spiro atoms. The molecule has 0 saturated carbocycles. The fraction of sp³-hybridized carbons (Fsp3) is 0.368. The maximum Gasteiger partial charge on any atom is 0.241 e. The van der Waals surface area contributed by atoms with Gasteiger partial charge in [0.15, 0.2) is 5.69 Å². The van der Waals surface area contributed by atoms with Gasteiger partial charge in [-0.3, -0.25) is 4.98 Å². The van der Waals surface area contributed by atoms with E-state index in [1.165, 1.54) is 15.6 Å². The van der Waals surface area contributed by atoms with E-state index in [1.54, 1.807) is 12.4 Å². The van der Waals surface area contributed by atoms with Gasteiger partial charge in [0.1, 0.15) is 21.7 Å². The molecule has 4 rings (SSSR count). The summed E-state index contributed by atoms with van der Waals surface area (Å²) in [7, 11) is -3.53. The Hall–Kier alpha value is -2.79. The van der Waals surface area contributed by atoms with Crippen molar-refractivity contribution < 1.29 is 17.7 Å². The van der Waals surface area contributed by atoms with Crippen LogP contribution in [0, 0.1) is 6.92 Å². The maximum atomic E-state index is 12.3. The van der Waals surface area contributed by atoms with E-state index >= 15 is 0 Å². The van der Waals surface area contributed by atoms with Gasteiger partial charge in [-0.05, 0) is 32.9 Å². The van der Waals surface area contributed by atoms with E-state index in [1.807, 2.05) is 32.9 Å². The number of fused-ring (bicyclic) bond motifs is 1. The molecule has 0 amide bonds. The highest BCUT2D eigenvalue weighted by molar-refractivity contribution is 7.92. The molecular formula is C19H21N5O4S2. The summed E-state index contributed by atoms with van der Waals surface area (Å²) in [6.45, 7) is 5.81. The van der Waals surface area contributed by atoms with Crippen molar-refractivity contribution in [2.75, 3.05) is 17.1 Å². The van der Waals surface area contributed by atoms with Gasteiger partial charge in [-0.2, -0.15) is 0 Å². The summed E-state index contributed by atoms with van der Waals surface area (Å²) in [5, 5.41) is 4.96. The van der Waals surface area contributed by atoms with Gasteiger partial charge < -0.3 is 9.25 Å². The van der Waals surface area contributed by atoms with Gasteiger partial charge in [-0.25, -0.2) is 22.7 Å². The normalized spacial score (nSPS) is 15.6. The van der Waals surface area contributed by atoms with Crippen LogP contribution in [0.1, 0.15) is 31.7 Å². The maximum absolute atomic E-state index is 12.3. The third kappa shape index (κ3) is 3.94. The minimum Gasteiger partial charge on any atom is -0.418 e. The molecule has 0 aliphatic carbocycles. The number of rotatable bonds is 5. The first-order chi connectivity index (χ1) is 14.2. The van der Waals surface area contributed by atoms with Crippen LogP contribution in [0.25, 0.3) is 21.3 Å². The predicted octanol–water partition coefficient (Wildman–Crippen LogP) is 3.47. The Labute approximate surface area is 178 Å². The minimum absolute atomic E-state index is 0.106. The number of hydrogen-bond acceptors (Lipinski definition) is 9. The molecule has 1 aliphatic heterocycles. The zero-order valence-electron chi connectivity index (χ0n) is 17.0. The van der Waals surface area contributed by atoms with E-state index in [2.05, 4.69) is 20.1 Å². The first-order valence-electron chi connectivity index (χ1n) is 9.34. The summed E-state index contributed by atoms with van der Waals surface area (Å²) in [5.41, 5.74) is 2.56. The monoisotopic (exact) mass is 447 g/mol. The lowest BCUT2D eigenvalue weighted by atomic mass is 10.1. The van der Waals surface area contributed by atoms with E-state index in [4.69, 9.17) is 9.25 Å². The average molecular weight is 448 g/mol. The summed E-state index contributed by atoms with van der Waals surface area (Å²) in [6, 6.07) is 3.77. The number of pyridine rings is 1. The molecule has 11 heteroatoms. The van der Waals surface area contributed by atoms with Crippen molar-refractivity contribution in [2.24, 2.45) is 5.16 Å². The fourth-order valence-corrected chi connectivity index (χ4v) is 4.81. The number of aromatic nitrogens is 3. The second-order valence-electron chi connectivity index (χ2n) is 7.13. The molecule has 158 valence electrons. The van der Waals surface area contributed by atoms with Crippen LogP contribution in [0.15, 0.2) is 34.1 Å². The average Bonchev–Trinajstić information content (AvgIpc) is 3.29. The van der Waals surface area contributed by atoms with Gasteiger partial charge in [-0.1, -0.05) is 5.16 Å². The number of nitrogens with zero attached hydrogens (tertiary/aromatic N) is 5. The Bertz CT molecular complexity index is 1200. The van der Waals surface area contributed by atoms with Crippen LogP contribution in [-0.4, -0.2) is 48.0 Å². The van der Waals surface area contributed by atoms with Crippen LogP contribution in [0.3, 0.4) is 0 Å². The number of oxime groups is 1. The third-order valence-electron chi connectivity index (χ3n) is 4.33. The van der Waals surface area contributed by atoms with Crippen molar-refractivity contribution in [3.8, 4) is 21.3 Å². The second-order valence-corrected chi connectivity index (χ2v) is 10.0. The first kappa shape index (κ1) is 20.5. The Morgan fingerprint density at radius 1 is 1.33 bits per heavy atom. The summed E-state index contributed by atoms with van der Waals surface area (Å²) < 4.78 is 31.7. The molecule has 30 heavy (non-hydrogen) atoms. The summed E-state index contributed by atoms with van der Waals surface area (Å²) in [5.74, 6) is 0.457. The highest BCUT2D eigenvalue weighted by Crippen LogP contribution is 2.39. The Kier molecular flexibility index (Phi) is 5.33. The van der Waals surface area contributed by atoms with Crippen molar-refractivity contribution in [1.82, 2.24) is 15.0 Å². The van der Waals surface area contributed by atoms with Crippen LogP contribution in [0.4, 0.5) is 5.88 Å². The quantitative estimate of drug-likeness (QED) is 0.551. The van der Waals surface area contributed by atoms with Crippen molar-refractivity contribution in [2.45, 2.75) is 33.3 Å².